The van der Waals surface area contributed by atoms with Crippen LogP contribution in [0.5, 0.6) is 11.5 Å². The molecule has 2 atom stereocenters. The van der Waals surface area contributed by atoms with E-state index in [4.69, 9.17) is 4.74 Å². The number of fused-ring (bicyclic) bond motifs is 1. The van der Waals surface area contributed by atoms with Crippen LogP contribution in [-0.2, 0) is 4.79 Å². The molecule has 2 unspecified atom stereocenters. The molecule has 3 N–H and O–H groups in total. The zero-order valence-electron chi connectivity index (χ0n) is 16.5. The fourth-order valence-electron chi connectivity index (χ4n) is 3.20. The Bertz CT molecular complexity index is 887. The van der Waals surface area contributed by atoms with Crippen LogP contribution in [0.3, 0.4) is 0 Å². The number of carbonyl (C=O) groups is 2. The molecule has 3 rings (SSSR count). The highest BCUT2D eigenvalue weighted by Crippen LogP contribution is 2.34. The highest BCUT2D eigenvalue weighted by Gasteiger charge is 2.48. The van der Waals surface area contributed by atoms with Gasteiger partial charge in [0.05, 0.1) is 17.8 Å². The number of benzene rings is 1. The number of amides is 3. The summed E-state index contributed by atoms with van der Waals surface area (Å²) >= 11 is 3.27. The summed E-state index contributed by atoms with van der Waals surface area (Å²) in [7, 11) is 3.06. The van der Waals surface area contributed by atoms with Gasteiger partial charge in [-0.3, -0.25) is 10.1 Å². The molecule has 0 radical (unpaired) electrons. The van der Waals surface area contributed by atoms with E-state index in [2.05, 4.69) is 36.8 Å². The Kier molecular flexibility index (Phi) is 5.96. The number of urea groups is 1. The number of hydrogen-bond donors (Lipinski definition) is 3. The van der Waals surface area contributed by atoms with Crippen molar-refractivity contribution in [3.05, 3.63) is 22.2 Å². The zero-order valence-corrected chi connectivity index (χ0v) is 18.1. The van der Waals surface area contributed by atoms with E-state index in [1.807, 2.05) is 18.7 Å². The molecule has 0 bridgehead atoms. The van der Waals surface area contributed by atoms with E-state index in [-0.39, 0.29) is 17.6 Å². The second-order valence-electron chi connectivity index (χ2n) is 7.19. The number of likely N-dealkylation sites (N-methyl/N-ethyl adjacent to an activating group) is 1. The number of aromatic hydroxyl groups is 1. The number of rotatable bonds is 5. The van der Waals surface area contributed by atoms with E-state index < -0.39 is 18.2 Å². The molecule has 3 amide bonds. The molecule has 10 nitrogen and oxygen atoms in total. The molecule has 1 aromatic carbocycles. The zero-order chi connectivity index (χ0) is 21.3. The molecule has 1 fully saturated rings. The van der Waals surface area contributed by atoms with Crippen molar-refractivity contribution in [2.45, 2.75) is 26.1 Å². The Morgan fingerprint density at radius 2 is 2.17 bits per heavy atom. The van der Waals surface area contributed by atoms with Crippen LogP contribution < -0.4 is 15.5 Å². The molecule has 2 aliphatic heterocycles. The molecular weight excluding hydrogens is 444 g/mol. The molecule has 0 aliphatic carbocycles. The fourth-order valence-corrected chi connectivity index (χ4v) is 3.66. The van der Waals surface area contributed by atoms with Crippen LogP contribution in [0.4, 0.5) is 4.79 Å². The van der Waals surface area contributed by atoms with Crippen molar-refractivity contribution in [2.24, 2.45) is 16.0 Å². The van der Waals surface area contributed by atoms with Gasteiger partial charge in [-0.05, 0) is 39.5 Å². The maximum atomic E-state index is 12.4. The number of nitrogens with one attached hydrogen (secondary N) is 2. The number of aliphatic imine (C=N–C) groups is 1. The van der Waals surface area contributed by atoms with E-state index in [0.29, 0.717) is 28.3 Å². The first-order valence-electron chi connectivity index (χ1n) is 9.00. The Balaban J connectivity index is 1.83. The average molecular weight is 467 g/mol. The Labute approximate surface area is 176 Å². The summed E-state index contributed by atoms with van der Waals surface area (Å²) in [5.74, 6) is 0.603. The van der Waals surface area contributed by atoms with Crippen LogP contribution in [0.1, 0.15) is 19.4 Å². The molecule has 2 heterocycles. The third-order valence-corrected chi connectivity index (χ3v) is 5.18. The first-order valence-corrected chi connectivity index (χ1v) is 9.80. The van der Waals surface area contributed by atoms with E-state index in [9.17, 15) is 14.7 Å². The topological polar surface area (TPSA) is 119 Å². The second kappa shape index (κ2) is 8.27. The molecule has 2 aliphatic rings. The lowest BCUT2D eigenvalue weighted by atomic mass is 10.1. The van der Waals surface area contributed by atoms with Crippen molar-refractivity contribution in [3.63, 3.8) is 0 Å². The number of hydrogen-bond acceptors (Lipinski definition) is 8. The lowest BCUT2D eigenvalue weighted by molar-refractivity contribution is -0.127. The van der Waals surface area contributed by atoms with Crippen molar-refractivity contribution < 1.29 is 19.4 Å². The van der Waals surface area contributed by atoms with Gasteiger partial charge in [-0.15, -0.1) is 0 Å². The second-order valence-corrected chi connectivity index (χ2v) is 8.04. The summed E-state index contributed by atoms with van der Waals surface area (Å²) in [5, 5.41) is 16.5. The molecular formula is C18H23BrN6O4. The first kappa shape index (κ1) is 20.9. The highest BCUT2D eigenvalue weighted by molar-refractivity contribution is 9.10. The summed E-state index contributed by atoms with van der Waals surface area (Å²) < 4.78 is 5.60. The van der Waals surface area contributed by atoms with Gasteiger partial charge in [-0.25, -0.2) is 15.2 Å². The molecule has 156 valence electrons. The van der Waals surface area contributed by atoms with Gasteiger partial charge in [0.25, 0.3) is 5.91 Å². The summed E-state index contributed by atoms with van der Waals surface area (Å²) in [6.07, 6.45) is 0.926. The van der Waals surface area contributed by atoms with Crippen LogP contribution in [0.2, 0.25) is 0 Å². The van der Waals surface area contributed by atoms with Crippen LogP contribution in [0, 0.1) is 5.92 Å². The molecule has 1 aromatic rings. The van der Waals surface area contributed by atoms with Crippen LogP contribution in [0.25, 0.3) is 0 Å². The molecule has 0 saturated carbocycles. The minimum atomic E-state index is -0.615. The smallest absolute Gasteiger partial charge is 0.325 e. The fraction of sp³-hybridized carbons (Fsp3) is 0.444. The van der Waals surface area contributed by atoms with Gasteiger partial charge < -0.3 is 19.6 Å². The van der Waals surface area contributed by atoms with Gasteiger partial charge in [0.2, 0.25) is 5.96 Å². The van der Waals surface area contributed by atoms with Gasteiger partial charge in [-0.2, -0.15) is 5.10 Å². The monoisotopic (exact) mass is 466 g/mol. The SMILES string of the molecule is COc1cc(/C=N/NC2=NC3C(C(=O)NC(=O)N3C)N2CC(C)C)cc(Br)c1O. The molecule has 29 heavy (non-hydrogen) atoms. The summed E-state index contributed by atoms with van der Waals surface area (Å²) in [6.45, 7) is 4.63. The standard InChI is InChI=1S/C18H23BrN6O4/c1-9(2)8-25-13-15(24(3)18(28)22-16(13)27)21-17(25)23-20-7-10-5-11(19)14(26)12(6-10)29-4/h5-7,9,13,15,26H,8H2,1-4H3,(H,21,23)(H,22,27,28)/b20-7+. The number of hydrazone groups is 1. The number of halogens is 1. The quantitative estimate of drug-likeness (QED) is 0.444. The lowest BCUT2D eigenvalue weighted by Gasteiger charge is -2.36. The first-order chi connectivity index (χ1) is 13.7. The van der Waals surface area contributed by atoms with Crippen molar-refractivity contribution in [1.82, 2.24) is 20.5 Å². The Hall–Kier alpha value is -2.82. The van der Waals surface area contributed by atoms with Crippen LogP contribution >= 0.6 is 15.9 Å². The van der Waals surface area contributed by atoms with Crippen molar-refractivity contribution in [3.8, 4) is 11.5 Å². The Morgan fingerprint density at radius 1 is 1.45 bits per heavy atom. The van der Waals surface area contributed by atoms with Gasteiger partial charge in [-0.1, -0.05) is 13.8 Å². The van der Waals surface area contributed by atoms with E-state index in [0.717, 1.165) is 0 Å². The third kappa shape index (κ3) is 4.14. The summed E-state index contributed by atoms with van der Waals surface area (Å²) in [4.78, 5) is 32.1. The van der Waals surface area contributed by atoms with Gasteiger partial charge in [0.1, 0.15) is 0 Å². The van der Waals surface area contributed by atoms with Gasteiger partial charge in [0.15, 0.2) is 23.7 Å². The lowest BCUT2D eigenvalue weighted by Crippen LogP contribution is -2.64. The third-order valence-electron chi connectivity index (χ3n) is 4.57. The normalized spacial score (nSPS) is 21.5. The van der Waals surface area contributed by atoms with Crippen molar-refractivity contribution in [2.75, 3.05) is 20.7 Å². The molecule has 0 spiro atoms. The molecule has 0 aromatic heterocycles. The number of ether oxygens (including phenoxy) is 1. The summed E-state index contributed by atoms with van der Waals surface area (Å²) in [5.41, 5.74) is 3.55. The number of methoxy groups -OCH3 is 1. The van der Waals surface area contributed by atoms with Crippen LogP contribution in [-0.4, -0.2) is 71.9 Å². The number of guanidine groups is 1. The van der Waals surface area contributed by atoms with Crippen LogP contribution in [0.15, 0.2) is 26.7 Å². The minimum absolute atomic E-state index is 0.00341. The minimum Gasteiger partial charge on any atom is -0.503 e. The highest BCUT2D eigenvalue weighted by atomic mass is 79.9. The van der Waals surface area contributed by atoms with E-state index in [1.54, 1.807) is 25.4 Å². The predicted molar refractivity (Wildman–Crippen MR) is 111 cm³/mol. The van der Waals surface area contributed by atoms with Gasteiger partial charge in [0, 0.05) is 13.6 Å². The maximum absolute atomic E-state index is 12.4. The van der Waals surface area contributed by atoms with Crippen molar-refractivity contribution >= 4 is 40.0 Å². The van der Waals surface area contributed by atoms with E-state index >= 15 is 0 Å². The average Bonchev–Trinajstić information content (AvgIpc) is 3.01. The largest absolute Gasteiger partial charge is 0.503 e. The maximum Gasteiger partial charge on any atom is 0.325 e. The Morgan fingerprint density at radius 3 is 2.83 bits per heavy atom. The summed E-state index contributed by atoms with van der Waals surface area (Å²) in [6, 6.07) is 2.23. The number of nitrogens with zero attached hydrogens (tertiary/aromatic N) is 4. The number of imide groups is 1. The van der Waals surface area contributed by atoms with Crippen molar-refractivity contribution in [1.29, 1.82) is 0 Å². The predicted octanol–water partition coefficient (Wildman–Crippen LogP) is 1.29. The number of phenols is 1. The van der Waals surface area contributed by atoms with Gasteiger partial charge >= 0.3 is 6.03 Å². The number of carbonyl (C=O) groups excluding carboxylic acids is 2. The molecule has 1 saturated heterocycles. The number of phenolic OH excluding ortho intramolecular Hbond substituents is 1. The molecule has 11 heteroatoms. The van der Waals surface area contributed by atoms with E-state index in [1.165, 1.54) is 12.0 Å².